The first kappa shape index (κ1) is 16.3. The Morgan fingerprint density at radius 2 is 1.90 bits per heavy atom. The fraction of sp³-hybridized carbons (Fsp3) is 0.571. The van der Waals surface area contributed by atoms with E-state index < -0.39 is 31.7 Å². The van der Waals surface area contributed by atoms with Crippen molar-refractivity contribution in [2.24, 2.45) is 0 Å². The van der Waals surface area contributed by atoms with Crippen molar-refractivity contribution in [1.29, 1.82) is 0 Å². The van der Waals surface area contributed by atoms with Gasteiger partial charge in [0.15, 0.2) is 9.84 Å². The van der Waals surface area contributed by atoms with Crippen LogP contribution in [0, 0.1) is 0 Å². The van der Waals surface area contributed by atoms with Crippen LogP contribution in [0.1, 0.15) is 31.7 Å². The van der Waals surface area contributed by atoms with Gasteiger partial charge < -0.3 is 5.32 Å². The van der Waals surface area contributed by atoms with Gasteiger partial charge in [-0.1, -0.05) is 19.1 Å². The molecule has 3 nitrogen and oxygen atoms in total. The van der Waals surface area contributed by atoms with E-state index in [4.69, 9.17) is 0 Å². The second-order valence-electron chi connectivity index (χ2n) is 5.23. The van der Waals surface area contributed by atoms with Gasteiger partial charge in [0.1, 0.15) is 0 Å². The Bertz CT molecular complexity index is 598. The number of rotatable bonds is 4. The van der Waals surface area contributed by atoms with E-state index in [1.54, 1.807) is 0 Å². The van der Waals surface area contributed by atoms with Crippen molar-refractivity contribution in [3.63, 3.8) is 0 Å². The fourth-order valence-electron chi connectivity index (χ4n) is 2.82. The second kappa shape index (κ2) is 5.96. The van der Waals surface area contributed by atoms with Crippen LogP contribution < -0.4 is 5.32 Å². The zero-order valence-corrected chi connectivity index (χ0v) is 12.5. The SMILES string of the molecule is CCNC1CCC(S(=O)(=O)c2ccccc2C(F)(F)F)C1. The summed E-state index contributed by atoms with van der Waals surface area (Å²) >= 11 is 0. The van der Waals surface area contributed by atoms with E-state index >= 15 is 0 Å². The lowest BCUT2D eigenvalue weighted by atomic mass is 10.2. The highest BCUT2D eigenvalue weighted by Crippen LogP contribution is 2.38. The van der Waals surface area contributed by atoms with E-state index in [-0.39, 0.29) is 6.04 Å². The summed E-state index contributed by atoms with van der Waals surface area (Å²) in [5.41, 5.74) is -1.07. The smallest absolute Gasteiger partial charge is 0.314 e. The van der Waals surface area contributed by atoms with Crippen LogP contribution >= 0.6 is 0 Å². The van der Waals surface area contributed by atoms with Gasteiger partial charge in [0, 0.05) is 6.04 Å². The molecule has 1 aromatic rings. The van der Waals surface area contributed by atoms with Crippen LogP contribution in [0.3, 0.4) is 0 Å². The summed E-state index contributed by atoms with van der Waals surface area (Å²) in [6, 6.07) is 4.48. The first-order valence-electron chi connectivity index (χ1n) is 6.90. The minimum Gasteiger partial charge on any atom is -0.314 e. The average Bonchev–Trinajstić information content (AvgIpc) is 2.87. The largest absolute Gasteiger partial charge is 0.417 e. The highest BCUT2D eigenvalue weighted by Gasteiger charge is 2.41. The number of halogens is 3. The maximum atomic E-state index is 13.0. The highest BCUT2D eigenvalue weighted by atomic mass is 32.2. The maximum absolute atomic E-state index is 13.0. The molecule has 21 heavy (non-hydrogen) atoms. The molecule has 2 unspecified atom stereocenters. The Morgan fingerprint density at radius 1 is 1.24 bits per heavy atom. The van der Waals surface area contributed by atoms with Gasteiger partial charge in [0.25, 0.3) is 0 Å². The van der Waals surface area contributed by atoms with Gasteiger partial charge in [0.2, 0.25) is 0 Å². The molecule has 1 aromatic carbocycles. The Labute approximate surface area is 122 Å². The van der Waals surface area contributed by atoms with Crippen molar-refractivity contribution in [3.05, 3.63) is 29.8 Å². The van der Waals surface area contributed by atoms with Crippen LogP contribution in [-0.2, 0) is 16.0 Å². The van der Waals surface area contributed by atoms with Crippen LogP contribution in [0.5, 0.6) is 0 Å². The maximum Gasteiger partial charge on any atom is 0.417 e. The van der Waals surface area contributed by atoms with Crippen molar-refractivity contribution in [2.45, 2.75) is 48.5 Å². The van der Waals surface area contributed by atoms with Gasteiger partial charge in [-0.15, -0.1) is 0 Å². The summed E-state index contributed by atoms with van der Waals surface area (Å²) < 4.78 is 64.0. The van der Waals surface area contributed by atoms with Gasteiger partial charge in [-0.3, -0.25) is 0 Å². The molecular weight excluding hydrogens is 303 g/mol. The summed E-state index contributed by atoms with van der Waals surface area (Å²) in [6.45, 7) is 2.64. The number of alkyl halides is 3. The lowest BCUT2D eigenvalue weighted by Crippen LogP contribution is -2.28. The number of benzene rings is 1. The molecule has 0 aliphatic heterocycles. The third kappa shape index (κ3) is 3.40. The third-order valence-electron chi connectivity index (χ3n) is 3.82. The molecule has 118 valence electrons. The topological polar surface area (TPSA) is 46.2 Å². The molecule has 7 heteroatoms. The Hall–Kier alpha value is -1.08. The fourth-order valence-corrected chi connectivity index (χ4v) is 4.87. The summed E-state index contributed by atoms with van der Waals surface area (Å²) in [6.07, 6.45) is -3.23. The van der Waals surface area contributed by atoms with Gasteiger partial charge >= 0.3 is 6.18 Å². The number of sulfone groups is 1. The molecule has 0 saturated heterocycles. The second-order valence-corrected chi connectivity index (χ2v) is 7.43. The molecule has 1 aliphatic carbocycles. The molecule has 2 atom stereocenters. The lowest BCUT2D eigenvalue weighted by molar-refractivity contribution is -0.139. The van der Waals surface area contributed by atoms with Crippen molar-refractivity contribution < 1.29 is 21.6 Å². The molecule has 0 radical (unpaired) electrons. The van der Waals surface area contributed by atoms with Crippen LogP contribution in [0.15, 0.2) is 29.2 Å². The molecule has 1 saturated carbocycles. The van der Waals surface area contributed by atoms with Crippen LogP contribution in [-0.4, -0.2) is 26.3 Å². The highest BCUT2D eigenvalue weighted by molar-refractivity contribution is 7.92. The predicted molar refractivity (Wildman–Crippen MR) is 73.7 cm³/mol. The number of hydrogen-bond donors (Lipinski definition) is 1. The van der Waals surface area contributed by atoms with Crippen LogP contribution in [0.25, 0.3) is 0 Å². The van der Waals surface area contributed by atoms with E-state index in [1.165, 1.54) is 12.1 Å². The number of nitrogens with one attached hydrogen (secondary N) is 1. The van der Waals surface area contributed by atoms with Gasteiger partial charge in [0.05, 0.1) is 15.7 Å². The van der Waals surface area contributed by atoms with Gasteiger partial charge in [-0.05, 0) is 37.9 Å². The van der Waals surface area contributed by atoms with Crippen LogP contribution in [0.2, 0.25) is 0 Å². The zero-order valence-electron chi connectivity index (χ0n) is 11.7. The lowest BCUT2D eigenvalue weighted by Gasteiger charge is -2.17. The monoisotopic (exact) mass is 321 g/mol. The number of hydrogen-bond acceptors (Lipinski definition) is 3. The molecule has 0 bridgehead atoms. The Morgan fingerprint density at radius 3 is 2.52 bits per heavy atom. The Balaban J connectivity index is 2.34. The van der Waals surface area contributed by atoms with Crippen molar-refractivity contribution in [2.75, 3.05) is 6.54 Å². The molecule has 2 rings (SSSR count). The molecule has 0 spiro atoms. The first-order valence-corrected chi connectivity index (χ1v) is 8.45. The molecule has 0 aromatic heterocycles. The predicted octanol–water partition coefficient (Wildman–Crippen LogP) is 3.01. The summed E-state index contributed by atoms with van der Waals surface area (Å²) in [4.78, 5) is -0.598. The van der Waals surface area contributed by atoms with E-state index in [9.17, 15) is 21.6 Å². The minimum atomic E-state index is -4.66. The molecule has 1 fully saturated rings. The van der Waals surface area contributed by atoms with E-state index in [2.05, 4.69) is 5.32 Å². The van der Waals surface area contributed by atoms with E-state index in [0.29, 0.717) is 19.3 Å². The average molecular weight is 321 g/mol. The molecular formula is C14H18F3NO2S. The first-order chi connectivity index (χ1) is 9.76. The van der Waals surface area contributed by atoms with E-state index in [0.717, 1.165) is 18.7 Å². The summed E-state index contributed by atoms with van der Waals surface area (Å²) in [5.74, 6) is 0. The third-order valence-corrected chi connectivity index (χ3v) is 6.09. The summed E-state index contributed by atoms with van der Waals surface area (Å²) in [5, 5.41) is 2.41. The Kier molecular flexibility index (Phi) is 4.63. The standard InChI is InChI=1S/C14H18F3NO2S/c1-2-18-10-7-8-11(9-10)21(19,20)13-6-4-3-5-12(13)14(15,16)17/h3-6,10-11,18H,2,7-9H2,1H3. The molecule has 1 N–H and O–H groups in total. The normalized spacial score (nSPS) is 23.4. The molecule has 0 amide bonds. The van der Waals surface area contributed by atoms with Gasteiger partial charge in [-0.25, -0.2) is 8.42 Å². The van der Waals surface area contributed by atoms with Crippen molar-refractivity contribution >= 4 is 9.84 Å². The van der Waals surface area contributed by atoms with E-state index in [1.807, 2.05) is 6.92 Å². The summed E-state index contributed by atoms with van der Waals surface area (Å²) in [7, 11) is -3.96. The van der Waals surface area contributed by atoms with Crippen LogP contribution in [0.4, 0.5) is 13.2 Å². The molecule has 0 heterocycles. The van der Waals surface area contributed by atoms with Gasteiger partial charge in [-0.2, -0.15) is 13.2 Å². The zero-order chi connectivity index (χ0) is 15.7. The van der Waals surface area contributed by atoms with Crippen molar-refractivity contribution in [1.82, 2.24) is 5.32 Å². The molecule has 1 aliphatic rings. The quantitative estimate of drug-likeness (QED) is 0.927. The minimum absolute atomic E-state index is 0.0628. The van der Waals surface area contributed by atoms with Crippen molar-refractivity contribution in [3.8, 4) is 0 Å².